The van der Waals surface area contributed by atoms with Crippen LogP contribution in [0.1, 0.15) is 5.56 Å². The fraction of sp³-hybridized carbons (Fsp3) is 0.538. The molecule has 1 N–H and O–H groups in total. The Kier molecular flexibility index (Phi) is 5.54. The minimum absolute atomic E-state index is 0.0500. The van der Waals surface area contributed by atoms with Crippen LogP contribution < -0.4 is 4.74 Å². The van der Waals surface area contributed by atoms with Gasteiger partial charge in [0.25, 0.3) is 0 Å². The topological polar surface area (TPSA) is 41.9 Å². The van der Waals surface area contributed by atoms with E-state index in [2.05, 4.69) is 4.74 Å². The van der Waals surface area contributed by atoms with Gasteiger partial charge in [-0.15, -0.1) is 0 Å². The van der Waals surface area contributed by atoms with Crippen molar-refractivity contribution in [1.29, 1.82) is 0 Å². The molecule has 0 spiro atoms. The summed E-state index contributed by atoms with van der Waals surface area (Å²) < 4.78 is 34.6. The zero-order chi connectivity index (χ0) is 14.5. The van der Waals surface area contributed by atoms with E-state index in [-0.39, 0.29) is 18.4 Å². The number of nitrogens with zero attached hydrogens (tertiary/aromatic N) is 1. The molecule has 1 unspecified atom stereocenters. The minimum Gasteiger partial charge on any atom is -0.434 e. The maximum absolute atomic E-state index is 12.4. The van der Waals surface area contributed by atoms with Gasteiger partial charge in [-0.3, -0.25) is 4.90 Å². The second kappa shape index (κ2) is 7.17. The first kappa shape index (κ1) is 15.4. The lowest BCUT2D eigenvalue weighted by atomic mass is 10.1. The first-order chi connectivity index (χ1) is 9.60. The van der Waals surface area contributed by atoms with Gasteiger partial charge in [0.15, 0.2) is 0 Å². The molecule has 0 bridgehead atoms. The zero-order valence-corrected chi connectivity index (χ0v) is 11.5. The van der Waals surface area contributed by atoms with Crippen LogP contribution in [0.2, 0.25) is 5.02 Å². The van der Waals surface area contributed by atoms with Gasteiger partial charge in [-0.1, -0.05) is 11.6 Å². The Morgan fingerprint density at radius 2 is 2.30 bits per heavy atom. The zero-order valence-electron chi connectivity index (χ0n) is 10.8. The highest BCUT2D eigenvalue weighted by atomic mass is 35.5. The quantitative estimate of drug-likeness (QED) is 0.905. The lowest BCUT2D eigenvalue weighted by Crippen LogP contribution is -2.46. The van der Waals surface area contributed by atoms with Crippen molar-refractivity contribution in [2.45, 2.75) is 19.2 Å². The van der Waals surface area contributed by atoms with E-state index in [0.29, 0.717) is 36.9 Å². The number of ether oxygens (including phenoxy) is 2. The number of benzene rings is 1. The Hall–Kier alpha value is -0.950. The van der Waals surface area contributed by atoms with Gasteiger partial charge >= 0.3 is 6.61 Å². The second-order valence-corrected chi connectivity index (χ2v) is 4.95. The molecule has 1 aromatic carbocycles. The van der Waals surface area contributed by atoms with E-state index < -0.39 is 6.61 Å². The van der Waals surface area contributed by atoms with E-state index in [0.717, 1.165) is 0 Å². The van der Waals surface area contributed by atoms with Crippen molar-refractivity contribution in [3.63, 3.8) is 0 Å². The van der Waals surface area contributed by atoms with Crippen molar-refractivity contribution >= 4 is 11.6 Å². The predicted octanol–water partition coefficient (Wildman–Crippen LogP) is 2.13. The lowest BCUT2D eigenvalue weighted by Gasteiger charge is -2.34. The molecule has 0 radical (unpaired) electrons. The maximum Gasteiger partial charge on any atom is 0.387 e. The molecule has 0 aliphatic carbocycles. The number of halogens is 3. The molecule has 7 heteroatoms. The van der Waals surface area contributed by atoms with E-state index in [1.54, 1.807) is 6.07 Å². The summed E-state index contributed by atoms with van der Waals surface area (Å²) in [6, 6.07) is 4.38. The number of aliphatic hydroxyl groups excluding tert-OH is 1. The van der Waals surface area contributed by atoms with Gasteiger partial charge in [-0.05, 0) is 18.2 Å². The van der Waals surface area contributed by atoms with E-state index in [9.17, 15) is 13.9 Å². The predicted molar refractivity (Wildman–Crippen MR) is 70.2 cm³/mol. The summed E-state index contributed by atoms with van der Waals surface area (Å²) in [5.74, 6) is 0.104. The van der Waals surface area contributed by atoms with Crippen LogP contribution >= 0.6 is 11.6 Å². The van der Waals surface area contributed by atoms with Crippen LogP contribution in [0.25, 0.3) is 0 Å². The Morgan fingerprint density at radius 3 is 3.00 bits per heavy atom. The fourth-order valence-electron chi connectivity index (χ4n) is 2.17. The number of rotatable bonds is 5. The molecular formula is C13H16ClF2NO3. The average molecular weight is 308 g/mol. The Balaban J connectivity index is 2.15. The van der Waals surface area contributed by atoms with Crippen LogP contribution in [0.15, 0.2) is 18.2 Å². The molecule has 1 aliphatic heterocycles. The minimum atomic E-state index is -2.88. The number of alkyl halides is 2. The van der Waals surface area contributed by atoms with E-state index in [4.69, 9.17) is 16.3 Å². The second-order valence-electron chi connectivity index (χ2n) is 4.51. The monoisotopic (exact) mass is 307 g/mol. The smallest absolute Gasteiger partial charge is 0.387 e. The fourth-order valence-corrected chi connectivity index (χ4v) is 2.36. The molecule has 1 fully saturated rings. The van der Waals surface area contributed by atoms with Crippen molar-refractivity contribution in [2.24, 2.45) is 0 Å². The summed E-state index contributed by atoms with van der Waals surface area (Å²) >= 11 is 5.91. The number of hydrogen-bond donors (Lipinski definition) is 1. The molecule has 1 aromatic rings. The van der Waals surface area contributed by atoms with Crippen LogP contribution in [-0.2, 0) is 11.3 Å². The summed E-state index contributed by atoms with van der Waals surface area (Å²) in [7, 11) is 0. The van der Waals surface area contributed by atoms with Gasteiger partial charge in [-0.25, -0.2) is 0 Å². The first-order valence-corrected chi connectivity index (χ1v) is 6.64. The molecule has 1 heterocycles. The molecular weight excluding hydrogens is 292 g/mol. The molecule has 2 rings (SSSR count). The standard InChI is InChI=1S/C13H16ClF2NO3/c14-10-1-2-12(20-13(15)16)9(5-10)6-17-3-4-19-8-11(17)7-18/h1-2,5,11,13,18H,3-4,6-8H2. The van der Waals surface area contributed by atoms with Crippen LogP contribution in [0, 0.1) is 0 Å². The molecule has 1 atom stereocenters. The van der Waals surface area contributed by atoms with Crippen molar-refractivity contribution < 1.29 is 23.4 Å². The van der Waals surface area contributed by atoms with Crippen molar-refractivity contribution in [3.8, 4) is 5.75 Å². The van der Waals surface area contributed by atoms with Gasteiger partial charge in [-0.2, -0.15) is 8.78 Å². The molecule has 4 nitrogen and oxygen atoms in total. The van der Waals surface area contributed by atoms with Gasteiger partial charge in [0.2, 0.25) is 0 Å². The van der Waals surface area contributed by atoms with Gasteiger partial charge in [0.05, 0.1) is 25.9 Å². The van der Waals surface area contributed by atoms with Gasteiger partial charge in [0.1, 0.15) is 5.75 Å². The summed E-state index contributed by atoms with van der Waals surface area (Å²) in [5.41, 5.74) is 0.568. The van der Waals surface area contributed by atoms with E-state index in [1.165, 1.54) is 12.1 Å². The SMILES string of the molecule is OCC1COCCN1Cc1cc(Cl)ccc1OC(F)F. The highest BCUT2D eigenvalue weighted by Gasteiger charge is 2.23. The van der Waals surface area contributed by atoms with Crippen LogP contribution in [0.3, 0.4) is 0 Å². The molecule has 1 aliphatic rings. The van der Waals surface area contributed by atoms with Gasteiger partial charge in [0, 0.05) is 23.7 Å². The summed E-state index contributed by atoms with van der Waals surface area (Å²) in [6.07, 6.45) is 0. The molecule has 0 saturated carbocycles. The van der Waals surface area contributed by atoms with Crippen molar-refractivity contribution in [2.75, 3.05) is 26.4 Å². The summed E-state index contributed by atoms with van der Waals surface area (Å²) in [4.78, 5) is 1.97. The summed E-state index contributed by atoms with van der Waals surface area (Å²) in [6.45, 7) is -0.980. The van der Waals surface area contributed by atoms with Crippen LogP contribution in [0.4, 0.5) is 8.78 Å². The molecule has 1 saturated heterocycles. The maximum atomic E-state index is 12.4. The Morgan fingerprint density at radius 1 is 1.50 bits per heavy atom. The molecule has 20 heavy (non-hydrogen) atoms. The van der Waals surface area contributed by atoms with Crippen molar-refractivity contribution in [3.05, 3.63) is 28.8 Å². The highest BCUT2D eigenvalue weighted by Crippen LogP contribution is 2.26. The average Bonchev–Trinajstić information content (AvgIpc) is 2.42. The first-order valence-electron chi connectivity index (χ1n) is 6.26. The number of morpholine rings is 1. The molecule has 0 amide bonds. The highest BCUT2D eigenvalue weighted by molar-refractivity contribution is 6.30. The largest absolute Gasteiger partial charge is 0.434 e. The normalized spacial score (nSPS) is 20.4. The Labute approximate surface area is 120 Å². The van der Waals surface area contributed by atoms with Crippen LogP contribution in [-0.4, -0.2) is 49.0 Å². The van der Waals surface area contributed by atoms with E-state index >= 15 is 0 Å². The molecule has 112 valence electrons. The molecule has 0 aromatic heterocycles. The van der Waals surface area contributed by atoms with E-state index in [1.807, 2.05) is 4.90 Å². The Bertz CT molecular complexity index is 448. The van der Waals surface area contributed by atoms with Crippen LogP contribution in [0.5, 0.6) is 5.75 Å². The lowest BCUT2D eigenvalue weighted by molar-refractivity contribution is -0.0531. The third kappa shape index (κ3) is 4.02. The number of hydrogen-bond acceptors (Lipinski definition) is 4. The summed E-state index contributed by atoms with van der Waals surface area (Å²) in [5, 5.41) is 9.76. The van der Waals surface area contributed by atoms with Crippen molar-refractivity contribution in [1.82, 2.24) is 4.90 Å². The third-order valence-corrected chi connectivity index (χ3v) is 3.41. The third-order valence-electron chi connectivity index (χ3n) is 3.17. The van der Waals surface area contributed by atoms with Gasteiger partial charge < -0.3 is 14.6 Å². The number of aliphatic hydroxyl groups is 1.